The van der Waals surface area contributed by atoms with E-state index in [1.807, 2.05) is 0 Å². The van der Waals surface area contributed by atoms with E-state index < -0.39 is 35.8 Å². The van der Waals surface area contributed by atoms with E-state index in [1.54, 1.807) is 26.0 Å². The number of ether oxygens (including phenoxy) is 3. The average molecular weight is 379 g/mol. The quantitative estimate of drug-likeness (QED) is 0.509. The third-order valence-electron chi connectivity index (χ3n) is 4.47. The van der Waals surface area contributed by atoms with Crippen molar-refractivity contribution in [1.82, 2.24) is 0 Å². The number of fused-ring (bicyclic) bond motifs is 1. The number of carbonyl (C=O) groups is 1. The maximum atomic E-state index is 11.8. The van der Waals surface area contributed by atoms with Crippen LogP contribution in [0.2, 0.25) is 0 Å². The predicted molar refractivity (Wildman–Crippen MR) is 94.6 cm³/mol. The van der Waals surface area contributed by atoms with Gasteiger partial charge in [0, 0.05) is 18.6 Å². The van der Waals surface area contributed by atoms with Crippen LogP contribution in [-0.2, 0) is 14.3 Å². The van der Waals surface area contributed by atoms with E-state index in [1.165, 1.54) is 19.2 Å². The zero-order valence-corrected chi connectivity index (χ0v) is 15.0. The summed E-state index contributed by atoms with van der Waals surface area (Å²) in [6.07, 6.45) is -4.05. The lowest BCUT2D eigenvalue weighted by atomic mass is 9.89. The summed E-state index contributed by atoms with van der Waals surface area (Å²) in [5.74, 6) is 0.268. The number of aliphatic hydroxyl groups excluding tert-OH is 2. The van der Waals surface area contributed by atoms with Gasteiger partial charge in [0.2, 0.25) is 12.7 Å². The summed E-state index contributed by atoms with van der Waals surface area (Å²) in [4.78, 5) is 22.3. The second kappa shape index (κ2) is 7.28. The Morgan fingerprint density at radius 1 is 1.22 bits per heavy atom. The van der Waals surface area contributed by atoms with Crippen LogP contribution < -0.4 is 15.7 Å². The Morgan fingerprint density at radius 3 is 2.63 bits per heavy atom. The molecule has 0 spiro atoms. The zero-order chi connectivity index (χ0) is 19.8. The van der Waals surface area contributed by atoms with E-state index in [0.29, 0.717) is 11.8 Å². The van der Waals surface area contributed by atoms with Gasteiger partial charge in [0.1, 0.15) is 35.3 Å². The first kappa shape index (κ1) is 19.3. The lowest BCUT2D eigenvalue weighted by molar-refractivity contribution is -0.305. The first-order valence-electron chi connectivity index (χ1n) is 8.28. The van der Waals surface area contributed by atoms with Crippen LogP contribution in [0.4, 0.5) is 5.69 Å². The fraction of sp³-hybridized carbons (Fsp3) is 0.444. The highest BCUT2D eigenvalue weighted by atomic mass is 16.7. The second-order valence-electron chi connectivity index (χ2n) is 6.75. The van der Waals surface area contributed by atoms with E-state index in [2.05, 4.69) is 5.32 Å². The molecule has 1 fully saturated rings. The molecule has 146 valence electrons. The fourth-order valence-electron chi connectivity index (χ4n) is 3.17. The van der Waals surface area contributed by atoms with Gasteiger partial charge >= 0.3 is 5.63 Å². The molecular weight excluding hydrogens is 358 g/mol. The van der Waals surface area contributed by atoms with Crippen molar-refractivity contribution >= 4 is 23.1 Å². The Bertz CT molecular complexity index is 893. The molecule has 0 aliphatic carbocycles. The Balaban J connectivity index is 1.87. The third-order valence-corrected chi connectivity index (χ3v) is 4.47. The summed E-state index contributed by atoms with van der Waals surface area (Å²) in [7, 11) is 1.42. The van der Waals surface area contributed by atoms with Crippen molar-refractivity contribution in [2.75, 3.05) is 12.4 Å². The van der Waals surface area contributed by atoms with Gasteiger partial charge in [-0.2, -0.15) is 0 Å². The number of rotatable bonds is 5. The number of benzene rings is 1. The maximum Gasteiger partial charge on any atom is 0.360 e. The van der Waals surface area contributed by atoms with E-state index >= 15 is 0 Å². The number of aliphatic hydroxyl groups is 2. The van der Waals surface area contributed by atoms with Crippen molar-refractivity contribution in [3.63, 3.8) is 0 Å². The number of amides is 1. The number of methoxy groups -OCH3 is 1. The molecule has 0 radical (unpaired) electrons. The molecular formula is C18H21NO8. The van der Waals surface area contributed by atoms with Gasteiger partial charge < -0.3 is 34.2 Å². The van der Waals surface area contributed by atoms with E-state index in [4.69, 9.17) is 18.6 Å². The van der Waals surface area contributed by atoms with Crippen molar-refractivity contribution < 1.29 is 33.6 Å². The monoisotopic (exact) mass is 379 g/mol. The second-order valence-corrected chi connectivity index (χ2v) is 6.75. The van der Waals surface area contributed by atoms with Crippen molar-refractivity contribution in [3.8, 4) is 5.75 Å². The van der Waals surface area contributed by atoms with Crippen molar-refractivity contribution in [3.05, 3.63) is 34.7 Å². The van der Waals surface area contributed by atoms with Gasteiger partial charge in [-0.05, 0) is 32.0 Å². The van der Waals surface area contributed by atoms with Crippen LogP contribution in [0.5, 0.6) is 5.75 Å². The van der Waals surface area contributed by atoms with Gasteiger partial charge in [-0.1, -0.05) is 0 Å². The van der Waals surface area contributed by atoms with Crippen molar-refractivity contribution in [1.29, 1.82) is 0 Å². The Hall–Kier alpha value is -2.46. The molecule has 1 aromatic heterocycles. The number of nitrogens with one attached hydrogen (secondary N) is 1. The van der Waals surface area contributed by atoms with Crippen molar-refractivity contribution in [2.45, 2.75) is 44.1 Å². The number of carbonyl (C=O) groups excluding carboxylic acids is 1. The van der Waals surface area contributed by atoms with Crippen LogP contribution >= 0.6 is 0 Å². The number of hydrogen-bond acceptors (Lipinski definition) is 8. The molecule has 1 saturated heterocycles. The van der Waals surface area contributed by atoms with Crippen LogP contribution in [0.15, 0.2) is 33.5 Å². The molecule has 1 aliphatic rings. The van der Waals surface area contributed by atoms with E-state index in [-0.39, 0.29) is 17.0 Å². The summed E-state index contributed by atoms with van der Waals surface area (Å²) in [5.41, 5.74) is -1.36. The normalized spacial score (nSPS) is 27.3. The summed E-state index contributed by atoms with van der Waals surface area (Å²) >= 11 is 0. The molecule has 9 nitrogen and oxygen atoms in total. The third kappa shape index (κ3) is 3.67. The predicted octanol–water partition coefficient (Wildman–Crippen LogP) is 0.612. The molecule has 1 aliphatic heterocycles. The molecule has 1 aromatic carbocycles. The maximum absolute atomic E-state index is 11.8. The molecule has 0 bridgehead atoms. The minimum atomic E-state index is -1.34. The smallest absolute Gasteiger partial charge is 0.360 e. The summed E-state index contributed by atoms with van der Waals surface area (Å²) in [5, 5.41) is 23.4. The summed E-state index contributed by atoms with van der Waals surface area (Å²) in [6, 6.07) is 6.14. The zero-order valence-electron chi connectivity index (χ0n) is 15.0. The number of anilines is 1. The molecule has 9 heteroatoms. The highest BCUT2D eigenvalue weighted by Crippen LogP contribution is 2.33. The van der Waals surface area contributed by atoms with Gasteiger partial charge in [0.15, 0.2) is 0 Å². The highest BCUT2D eigenvalue weighted by Gasteiger charge is 2.50. The molecule has 0 saturated carbocycles. The van der Waals surface area contributed by atoms with E-state index in [0.717, 1.165) is 0 Å². The topological polar surface area (TPSA) is 127 Å². The summed E-state index contributed by atoms with van der Waals surface area (Å²) in [6.45, 7) is 3.43. The molecule has 4 atom stereocenters. The summed E-state index contributed by atoms with van der Waals surface area (Å²) < 4.78 is 21.8. The van der Waals surface area contributed by atoms with Crippen molar-refractivity contribution in [2.24, 2.45) is 0 Å². The van der Waals surface area contributed by atoms with Crippen LogP contribution in [0.1, 0.15) is 13.8 Å². The fourth-order valence-corrected chi connectivity index (χ4v) is 3.17. The lowest BCUT2D eigenvalue weighted by Gasteiger charge is -2.46. The van der Waals surface area contributed by atoms with Gasteiger partial charge in [0.25, 0.3) is 0 Å². The number of hydrogen-bond donors (Lipinski definition) is 3. The van der Waals surface area contributed by atoms with Gasteiger partial charge in [-0.25, -0.2) is 4.79 Å². The Labute approximate surface area is 154 Å². The van der Waals surface area contributed by atoms with Gasteiger partial charge in [-0.3, -0.25) is 4.79 Å². The molecule has 2 aromatic rings. The lowest BCUT2D eigenvalue weighted by Crippen LogP contribution is -2.63. The van der Waals surface area contributed by atoms with Gasteiger partial charge in [0.05, 0.1) is 5.60 Å². The first-order chi connectivity index (χ1) is 12.8. The minimum Gasteiger partial charge on any atom is -0.462 e. The van der Waals surface area contributed by atoms with Gasteiger partial charge in [-0.15, -0.1) is 0 Å². The SMILES string of the molecule is COC1C(O)C(O)C(Oc2ccc3cc(NC=O)c(=O)oc3c2)OC1(C)C. The molecule has 3 rings (SSSR count). The van der Waals surface area contributed by atoms with E-state index in [9.17, 15) is 19.8 Å². The minimum absolute atomic E-state index is 0.0210. The van der Waals surface area contributed by atoms with Crippen LogP contribution in [0.3, 0.4) is 0 Å². The molecule has 1 amide bonds. The highest BCUT2D eigenvalue weighted by molar-refractivity contribution is 5.83. The standard InChI is InChI=1S/C18H21NO8/c1-18(2)15(24-3)13(21)14(22)17(27-18)25-10-5-4-9-6-11(19-8-20)16(23)26-12(9)7-10/h4-8,13-15,17,21-22H,1-3H3,(H,19,20). The molecule has 27 heavy (non-hydrogen) atoms. The van der Waals surface area contributed by atoms with Crippen LogP contribution in [0, 0.1) is 0 Å². The first-order valence-corrected chi connectivity index (χ1v) is 8.28. The average Bonchev–Trinajstić information content (AvgIpc) is 2.60. The molecule has 4 unspecified atom stereocenters. The molecule has 2 heterocycles. The Morgan fingerprint density at radius 2 is 1.96 bits per heavy atom. The van der Waals surface area contributed by atoms with Crippen LogP contribution in [-0.4, -0.2) is 53.9 Å². The largest absolute Gasteiger partial charge is 0.462 e. The Kier molecular flexibility index (Phi) is 5.20. The molecule has 3 N–H and O–H groups in total. The van der Waals surface area contributed by atoms with Crippen LogP contribution in [0.25, 0.3) is 11.0 Å².